The van der Waals surface area contributed by atoms with Crippen molar-refractivity contribution >= 4 is 11.5 Å². The Hall–Kier alpha value is -0.410. The van der Waals surface area contributed by atoms with E-state index in [1.165, 1.54) is 35.7 Å². The van der Waals surface area contributed by atoms with Crippen LogP contribution in [0.5, 0.6) is 0 Å². The molecule has 1 aliphatic carbocycles. The fourth-order valence-electron chi connectivity index (χ4n) is 2.16. The maximum atomic E-state index is 6.30. The minimum absolute atomic E-state index is 0.153. The highest BCUT2D eigenvalue weighted by molar-refractivity contribution is 7.05. The maximum absolute atomic E-state index is 6.30. The van der Waals surface area contributed by atoms with Gasteiger partial charge in [-0.1, -0.05) is 20.3 Å². The summed E-state index contributed by atoms with van der Waals surface area (Å²) in [6, 6.07) is 2.20. The van der Waals surface area contributed by atoms with Gasteiger partial charge in [-0.3, -0.25) is 0 Å². The van der Waals surface area contributed by atoms with Crippen LogP contribution in [0, 0.1) is 11.3 Å². The Morgan fingerprint density at radius 2 is 2.29 bits per heavy atom. The van der Waals surface area contributed by atoms with Crippen molar-refractivity contribution in [3.05, 3.63) is 17.1 Å². The molecule has 0 radical (unpaired) electrons. The van der Waals surface area contributed by atoms with Gasteiger partial charge in [0.1, 0.15) is 0 Å². The summed E-state index contributed by atoms with van der Waals surface area (Å²) in [4.78, 5) is 1.22. The zero-order valence-electron chi connectivity index (χ0n) is 8.86. The van der Waals surface area contributed by atoms with E-state index in [2.05, 4.69) is 24.3 Å². The molecule has 1 aromatic rings. The highest BCUT2D eigenvalue weighted by Crippen LogP contribution is 2.48. The number of nitrogens with zero attached hydrogens (tertiary/aromatic N) is 1. The van der Waals surface area contributed by atoms with E-state index in [1.807, 2.05) is 6.20 Å². The standard InChI is InChI=1S/C11H18N2S/c1-11(2,8-4-3-5-8)10(12)9-6-7-13-14-9/h6-8,10H,3-5,12H2,1-2H3. The molecule has 0 spiro atoms. The van der Waals surface area contributed by atoms with Crippen LogP contribution in [0.25, 0.3) is 0 Å². The van der Waals surface area contributed by atoms with Crippen molar-refractivity contribution in [2.75, 3.05) is 0 Å². The zero-order chi connectivity index (χ0) is 10.2. The number of nitrogens with two attached hydrogens (primary N) is 1. The first-order valence-corrected chi connectivity index (χ1v) is 6.06. The molecule has 1 heterocycles. The second-order valence-corrected chi connectivity index (χ2v) is 5.71. The summed E-state index contributed by atoms with van der Waals surface area (Å²) in [5.74, 6) is 0.805. The summed E-state index contributed by atoms with van der Waals surface area (Å²) in [7, 11) is 0. The number of rotatable bonds is 3. The maximum Gasteiger partial charge on any atom is 0.0460 e. The van der Waals surface area contributed by atoms with Gasteiger partial charge in [-0.05, 0) is 41.8 Å². The third-order valence-electron chi connectivity index (χ3n) is 3.72. The van der Waals surface area contributed by atoms with Crippen LogP contribution >= 0.6 is 11.5 Å². The van der Waals surface area contributed by atoms with Crippen molar-refractivity contribution in [2.24, 2.45) is 17.1 Å². The lowest BCUT2D eigenvalue weighted by Crippen LogP contribution is -2.38. The van der Waals surface area contributed by atoms with Crippen LogP contribution in [0.15, 0.2) is 12.3 Å². The van der Waals surface area contributed by atoms with Gasteiger partial charge in [0, 0.05) is 17.1 Å². The lowest BCUT2D eigenvalue weighted by molar-refractivity contribution is 0.0924. The van der Waals surface area contributed by atoms with Crippen molar-refractivity contribution in [3.8, 4) is 0 Å². The topological polar surface area (TPSA) is 38.9 Å². The third-order valence-corrected chi connectivity index (χ3v) is 4.55. The summed E-state index contributed by atoms with van der Waals surface area (Å²) in [6.45, 7) is 4.59. The van der Waals surface area contributed by atoms with Crippen LogP contribution in [-0.2, 0) is 0 Å². The van der Waals surface area contributed by atoms with Gasteiger partial charge in [0.2, 0.25) is 0 Å². The SMILES string of the molecule is CC(C)(C1CCC1)C(N)c1ccns1. The van der Waals surface area contributed by atoms with E-state index in [4.69, 9.17) is 5.73 Å². The Morgan fingerprint density at radius 3 is 2.71 bits per heavy atom. The number of aromatic nitrogens is 1. The molecule has 1 unspecified atom stereocenters. The summed E-state index contributed by atoms with van der Waals surface area (Å²) >= 11 is 1.53. The monoisotopic (exact) mass is 210 g/mol. The number of hydrogen-bond donors (Lipinski definition) is 1. The Morgan fingerprint density at radius 1 is 1.57 bits per heavy atom. The molecule has 0 aromatic carbocycles. The van der Waals surface area contributed by atoms with Crippen LogP contribution in [-0.4, -0.2) is 4.37 Å². The molecule has 1 saturated carbocycles. The van der Waals surface area contributed by atoms with Crippen LogP contribution in [0.4, 0.5) is 0 Å². The predicted molar refractivity (Wildman–Crippen MR) is 60.2 cm³/mol. The van der Waals surface area contributed by atoms with Gasteiger partial charge in [-0.2, -0.15) is 0 Å². The van der Waals surface area contributed by atoms with Gasteiger partial charge < -0.3 is 5.73 Å². The molecular formula is C11H18N2S. The quantitative estimate of drug-likeness (QED) is 0.833. The van der Waals surface area contributed by atoms with Crippen molar-refractivity contribution in [3.63, 3.8) is 0 Å². The molecule has 0 amide bonds. The first kappa shape index (κ1) is 10.1. The average molecular weight is 210 g/mol. The van der Waals surface area contributed by atoms with Gasteiger partial charge in [0.05, 0.1) is 0 Å². The summed E-state index contributed by atoms with van der Waals surface area (Å²) in [5.41, 5.74) is 6.52. The highest BCUT2D eigenvalue weighted by atomic mass is 32.1. The molecule has 1 atom stereocenters. The molecule has 2 nitrogen and oxygen atoms in total. The Balaban J connectivity index is 2.12. The van der Waals surface area contributed by atoms with Crippen molar-refractivity contribution in [1.82, 2.24) is 4.37 Å². The second kappa shape index (κ2) is 3.63. The molecular weight excluding hydrogens is 192 g/mol. The molecule has 1 aliphatic rings. The largest absolute Gasteiger partial charge is 0.323 e. The number of hydrogen-bond acceptors (Lipinski definition) is 3. The van der Waals surface area contributed by atoms with E-state index in [0.717, 1.165) is 5.92 Å². The van der Waals surface area contributed by atoms with Gasteiger partial charge in [0.15, 0.2) is 0 Å². The van der Waals surface area contributed by atoms with Gasteiger partial charge >= 0.3 is 0 Å². The van der Waals surface area contributed by atoms with Gasteiger partial charge in [-0.15, -0.1) is 0 Å². The molecule has 14 heavy (non-hydrogen) atoms. The molecule has 0 saturated heterocycles. The van der Waals surface area contributed by atoms with Crippen LogP contribution < -0.4 is 5.73 Å². The molecule has 3 heteroatoms. The van der Waals surface area contributed by atoms with Gasteiger partial charge in [0.25, 0.3) is 0 Å². The smallest absolute Gasteiger partial charge is 0.0460 e. The van der Waals surface area contributed by atoms with E-state index in [-0.39, 0.29) is 11.5 Å². The fourth-order valence-corrected chi connectivity index (χ4v) is 2.94. The molecule has 2 N–H and O–H groups in total. The van der Waals surface area contributed by atoms with Crippen molar-refractivity contribution < 1.29 is 0 Å². The van der Waals surface area contributed by atoms with Gasteiger partial charge in [-0.25, -0.2) is 4.37 Å². The normalized spacial score (nSPS) is 20.5. The molecule has 78 valence electrons. The average Bonchev–Trinajstić information content (AvgIpc) is 2.49. The summed E-state index contributed by atoms with van der Waals surface area (Å²) in [6.07, 6.45) is 5.92. The lowest BCUT2D eigenvalue weighted by atomic mass is 9.64. The Kier molecular flexibility index (Phi) is 2.62. The predicted octanol–water partition coefficient (Wildman–Crippen LogP) is 2.97. The van der Waals surface area contributed by atoms with Crippen molar-refractivity contribution in [1.29, 1.82) is 0 Å². The van der Waals surface area contributed by atoms with Crippen LogP contribution in [0.1, 0.15) is 44.0 Å². The minimum atomic E-state index is 0.153. The zero-order valence-corrected chi connectivity index (χ0v) is 9.68. The summed E-state index contributed by atoms with van der Waals surface area (Å²) in [5, 5.41) is 0. The van der Waals surface area contributed by atoms with E-state index >= 15 is 0 Å². The first-order chi connectivity index (χ1) is 6.62. The second-order valence-electron chi connectivity index (χ2n) is 4.84. The van der Waals surface area contributed by atoms with Crippen molar-refractivity contribution in [2.45, 2.75) is 39.2 Å². The highest BCUT2D eigenvalue weighted by Gasteiger charge is 2.39. The van der Waals surface area contributed by atoms with E-state index in [9.17, 15) is 0 Å². The van der Waals surface area contributed by atoms with Crippen LogP contribution in [0.2, 0.25) is 0 Å². The Labute approximate surface area is 89.7 Å². The van der Waals surface area contributed by atoms with E-state index < -0.39 is 0 Å². The molecule has 1 fully saturated rings. The molecule has 0 aliphatic heterocycles. The molecule has 0 bridgehead atoms. The molecule has 1 aromatic heterocycles. The fraction of sp³-hybridized carbons (Fsp3) is 0.727. The minimum Gasteiger partial charge on any atom is -0.323 e. The Bertz CT molecular complexity index is 288. The van der Waals surface area contributed by atoms with E-state index in [1.54, 1.807) is 0 Å². The lowest BCUT2D eigenvalue weighted by Gasteiger charge is -2.43. The third kappa shape index (κ3) is 1.59. The first-order valence-electron chi connectivity index (χ1n) is 5.28. The molecule has 2 rings (SSSR count). The van der Waals surface area contributed by atoms with Crippen LogP contribution in [0.3, 0.4) is 0 Å². The summed E-state index contributed by atoms with van der Waals surface area (Å²) < 4.78 is 4.12. The van der Waals surface area contributed by atoms with E-state index in [0.29, 0.717) is 0 Å².